The normalized spacial score (nSPS) is 23.4. The SMILES string of the molecule is CC1(C)CCC(NS(=O)(=O)c2cc(CO)cs2)C1. The van der Waals surface area contributed by atoms with Crippen molar-refractivity contribution in [3.8, 4) is 0 Å². The fourth-order valence-corrected chi connectivity index (χ4v) is 4.88. The van der Waals surface area contributed by atoms with E-state index < -0.39 is 10.0 Å². The molecule has 2 N–H and O–H groups in total. The average Bonchev–Trinajstić information content (AvgIpc) is 2.84. The van der Waals surface area contributed by atoms with Gasteiger partial charge in [-0.25, -0.2) is 13.1 Å². The molecule has 1 heterocycles. The standard InChI is InChI=1S/C12H19NO3S2/c1-12(2)4-3-10(6-12)13-18(15,16)11-5-9(7-14)8-17-11/h5,8,10,13-14H,3-4,6-7H2,1-2H3. The molecular weight excluding hydrogens is 270 g/mol. The smallest absolute Gasteiger partial charge is 0.250 e. The Kier molecular flexibility index (Phi) is 3.82. The molecule has 2 rings (SSSR count). The molecule has 1 saturated carbocycles. The van der Waals surface area contributed by atoms with Crippen LogP contribution < -0.4 is 4.72 Å². The quantitative estimate of drug-likeness (QED) is 0.892. The van der Waals surface area contributed by atoms with Crippen molar-refractivity contribution >= 4 is 21.4 Å². The second-order valence-electron chi connectivity index (χ2n) is 5.66. The van der Waals surface area contributed by atoms with Crippen LogP contribution in [0.4, 0.5) is 0 Å². The zero-order chi connectivity index (χ0) is 13.4. The fraction of sp³-hybridized carbons (Fsp3) is 0.667. The summed E-state index contributed by atoms with van der Waals surface area (Å²) in [5.74, 6) is 0. The molecule has 0 bridgehead atoms. The number of aliphatic hydroxyl groups excluding tert-OH is 1. The van der Waals surface area contributed by atoms with Gasteiger partial charge >= 0.3 is 0 Å². The Morgan fingerprint density at radius 2 is 2.28 bits per heavy atom. The van der Waals surface area contributed by atoms with E-state index >= 15 is 0 Å². The maximum atomic E-state index is 12.1. The van der Waals surface area contributed by atoms with Crippen LogP contribution in [0, 0.1) is 5.41 Å². The Labute approximate surface area is 112 Å². The molecule has 18 heavy (non-hydrogen) atoms. The Hall–Kier alpha value is -0.430. The molecule has 1 aliphatic rings. The second-order valence-corrected chi connectivity index (χ2v) is 8.51. The van der Waals surface area contributed by atoms with Crippen LogP contribution in [0.5, 0.6) is 0 Å². The minimum absolute atomic E-state index is 0.0321. The van der Waals surface area contributed by atoms with Crippen LogP contribution in [-0.4, -0.2) is 19.6 Å². The van der Waals surface area contributed by atoms with E-state index in [0.717, 1.165) is 30.6 Å². The van der Waals surface area contributed by atoms with Gasteiger partial charge in [-0.05, 0) is 41.7 Å². The average molecular weight is 289 g/mol. The highest BCUT2D eigenvalue weighted by molar-refractivity contribution is 7.91. The summed E-state index contributed by atoms with van der Waals surface area (Å²) in [4.78, 5) is 0. The third-order valence-corrected chi connectivity index (χ3v) is 6.38. The van der Waals surface area contributed by atoms with Crippen molar-refractivity contribution in [2.24, 2.45) is 5.41 Å². The summed E-state index contributed by atoms with van der Waals surface area (Å²) in [7, 11) is -3.43. The lowest BCUT2D eigenvalue weighted by molar-refractivity contribution is 0.282. The van der Waals surface area contributed by atoms with Gasteiger partial charge in [-0.3, -0.25) is 0 Å². The molecule has 0 aliphatic heterocycles. The minimum atomic E-state index is -3.43. The number of nitrogens with one attached hydrogen (secondary N) is 1. The molecule has 1 aliphatic carbocycles. The van der Waals surface area contributed by atoms with Crippen LogP contribution in [-0.2, 0) is 16.6 Å². The van der Waals surface area contributed by atoms with E-state index in [1.165, 1.54) is 6.07 Å². The largest absolute Gasteiger partial charge is 0.392 e. The summed E-state index contributed by atoms with van der Waals surface area (Å²) >= 11 is 1.15. The molecule has 0 spiro atoms. The number of aliphatic hydroxyl groups is 1. The van der Waals surface area contributed by atoms with Crippen molar-refractivity contribution in [2.45, 2.75) is 50.0 Å². The third kappa shape index (κ3) is 3.12. The van der Waals surface area contributed by atoms with E-state index in [9.17, 15) is 8.42 Å². The zero-order valence-electron chi connectivity index (χ0n) is 10.6. The molecule has 0 saturated heterocycles. The van der Waals surface area contributed by atoms with Gasteiger partial charge in [0.1, 0.15) is 4.21 Å². The zero-order valence-corrected chi connectivity index (χ0v) is 12.3. The molecule has 0 radical (unpaired) electrons. The molecule has 4 nitrogen and oxygen atoms in total. The molecule has 6 heteroatoms. The third-order valence-electron chi connectivity index (χ3n) is 3.37. The van der Waals surface area contributed by atoms with Gasteiger partial charge in [0.05, 0.1) is 6.61 Å². The first-order valence-electron chi connectivity index (χ1n) is 6.03. The van der Waals surface area contributed by atoms with E-state index in [1.54, 1.807) is 5.38 Å². The van der Waals surface area contributed by atoms with E-state index in [-0.39, 0.29) is 22.3 Å². The van der Waals surface area contributed by atoms with Gasteiger partial charge in [0, 0.05) is 6.04 Å². The van der Waals surface area contributed by atoms with E-state index in [0.29, 0.717) is 5.56 Å². The van der Waals surface area contributed by atoms with E-state index in [4.69, 9.17) is 5.11 Å². The Morgan fingerprint density at radius 3 is 2.78 bits per heavy atom. The number of rotatable bonds is 4. The van der Waals surface area contributed by atoms with E-state index in [1.807, 2.05) is 0 Å². The molecule has 102 valence electrons. The van der Waals surface area contributed by atoms with Crippen molar-refractivity contribution in [2.75, 3.05) is 0 Å². The lowest BCUT2D eigenvalue weighted by atomic mass is 9.92. The molecule has 1 aromatic rings. The van der Waals surface area contributed by atoms with Crippen LogP contribution in [0.25, 0.3) is 0 Å². The number of sulfonamides is 1. The molecule has 1 unspecified atom stereocenters. The lowest BCUT2D eigenvalue weighted by Gasteiger charge is -2.17. The van der Waals surface area contributed by atoms with Crippen LogP contribution in [0.15, 0.2) is 15.7 Å². The molecule has 1 aromatic heterocycles. The predicted molar refractivity (Wildman–Crippen MR) is 72.0 cm³/mol. The first-order valence-corrected chi connectivity index (χ1v) is 8.39. The fourth-order valence-electron chi connectivity index (χ4n) is 2.39. The van der Waals surface area contributed by atoms with Crippen molar-refractivity contribution in [1.29, 1.82) is 0 Å². The first kappa shape index (κ1) is 14.0. The lowest BCUT2D eigenvalue weighted by Crippen LogP contribution is -2.33. The van der Waals surface area contributed by atoms with Crippen LogP contribution in [0.1, 0.15) is 38.7 Å². The molecule has 1 fully saturated rings. The topological polar surface area (TPSA) is 66.4 Å². The number of hydrogen-bond donors (Lipinski definition) is 2. The highest BCUT2D eigenvalue weighted by Gasteiger charge is 2.33. The van der Waals surface area contributed by atoms with Gasteiger partial charge in [0.2, 0.25) is 10.0 Å². The summed E-state index contributed by atoms with van der Waals surface area (Å²) in [5.41, 5.74) is 0.867. The molecule has 0 aromatic carbocycles. The molecular formula is C12H19NO3S2. The summed E-state index contributed by atoms with van der Waals surface area (Å²) in [6, 6.07) is 1.57. The predicted octanol–water partition coefficient (Wildman–Crippen LogP) is 2.10. The van der Waals surface area contributed by atoms with Gasteiger partial charge in [0.25, 0.3) is 0 Å². The maximum absolute atomic E-state index is 12.1. The van der Waals surface area contributed by atoms with Gasteiger partial charge < -0.3 is 5.11 Å². The van der Waals surface area contributed by atoms with Gasteiger partial charge in [0.15, 0.2) is 0 Å². The molecule has 1 atom stereocenters. The van der Waals surface area contributed by atoms with Crippen molar-refractivity contribution < 1.29 is 13.5 Å². The second kappa shape index (κ2) is 4.92. The van der Waals surface area contributed by atoms with E-state index in [2.05, 4.69) is 18.6 Å². The molecule has 0 amide bonds. The van der Waals surface area contributed by atoms with Crippen molar-refractivity contribution in [3.63, 3.8) is 0 Å². The Balaban J connectivity index is 2.08. The van der Waals surface area contributed by atoms with Crippen LogP contribution in [0.3, 0.4) is 0 Å². The van der Waals surface area contributed by atoms with Crippen molar-refractivity contribution in [1.82, 2.24) is 4.72 Å². The van der Waals surface area contributed by atoms with Gasteiger partial charge in [-0.1, -0.05) is 13.8 Å². The summed E-state index contributed by atoms with van der Waals surface area (Å²) in [6.45, 7) is 4.20. The van der Waals surface area contributed by atoms with Crippen LogP contribution in [0.2, 0.25) is 0 Å². The maximum Gasteiger partial charge on any atom is 0.250 e. The summed E-state index contributed by atoms with van der Waals surface area (Å²) in [5, 5.41) is 10.6. The first-order chi connectivity index (χ1) is 8.32. The van der Waals surface area contributed by atoms with Crippen molar-refractivity contribution in [3.05, 3.63) is 17.0 Å². The van der Waals surface area contributed by atoms with Gasteiger partial charge in [-0.2, -0.15) is 0 Å². The summed E-state index contributed by atoms with van der Waals surface area (Å²) in [6.07, 6.45) is 2.82. The Morgan fingerprint density at radius 1 is 1.56 bits per heavy atom. The number of thiophene rings is 1. The monoisotopic (exact) mass is 289 g/mol. The minimum Gasteiger partial charge on any atom is -0.392 e. The van der Waals surface area contributed by atoms with Crippen LogP contribution >= 0.6 is 11.3 Å². The summed E-state index contributed by atoms with van der Waals surface area (Å²) < 4.78 is 27.3. The highest BCUT2D eigenvalue weighted by Crippen LogP contribution is 2.37. The highest BCUT2D eigenvalue weighted by atomic mass is 32.2. The van der Waals surface area contributed by atoms with Gasteiger partial charge in [-0.15, -0.1) is 11.3 Å². The Bertz CT molecular complexity index is 519. The number of hydrogen-bond acceptors (Lipinski definition) is 4.